The van der Waals surface area contributed by atoms with E-state index in [1.54, 1.807) is 12.1 Å². The Labute approximate surface area is 95.7 Å². The van der Waals surface area contributed by atoms with E-state index < -0.39 is 16.3 Å². The fourth-order valence-electron chi connectivity index (χ4n) is 1.37. The van der Waals surface area contributed by atoms with Gasteiger partial charge in [0.2, 0.25) is 0 Å². The monoisotopic (exact) mass is 290 g/mol. The summed E-state index contributed by atoms with van der Waals surface area (Å²) in [5.41, 5.74) is 6.37. The first-order valence-electron chi connectivity index (χ1n) is 4.16. The Bertz CT molecular complexity index is 509. The molecule has 0 bridgehead atoms. The van der Waals surface area contributed by atoms with E-state index in [1.807, 2.05) is 12.1 Å². The summed E-state index contributed by atoms with van der Waals surface area (Å²) in [7, 11) is -3.48. The predicted molar refractivity (Wildman–Crippen MR) is 59.1 cm³/mol. The van der Waals surface area contributed by atoms with E-state index in [2.05, 4.69) is 25.0 Å². The van der Waals surface area contributed by atoms with Crippen LogP contribution in [-0.4, -0.2) is 14.3 Å². The van der Waals surface area contributed by atoms with E-state index in [1.165, 1.54) is 0 Å². The molecule has 0 saturated carbocycles. The van der Waals surface area contributed by atoms with Gasteiger partial charge >= 0.3 is 10.2 Å². The Kier molecular flexibility index (Phi) is 2.53. The molecule has 15 heavy (non-hydrogen) atoms. The smallest absolute Gasteiger partial charge is 0.288 e. The van der Waals surface area contributed by atoms with E-state index in [-0.39, 0.29) is 5.84 Å². The average Bonchev–Trinajstić information content (AvgIpc) is 2.41. The summed E-state index contributed by atoms with van der Waals surface area (Å²) < 4.78 is 27.8. The van der Waals surface area contributed by atoms with E-state index in [9.17, 15) is 8.42 Å². The number of nitrogens with two attached hydrogens (primary N) is 1. The summed E-state index contributed by atoms with van der Waals surface area (Å²) in [6.45, 7) is 0. The van der Waals surface area contributed by atoms with Gasteiger partial charge in [-0.2, -0.15) is 17.5 Å². The van der Waals surface area contributed by atoms with E-state index in [4.69, 9.17) is 5.73 Å². The second-order valence-corrected chi connectivity index (χ2v) is 5.53. The Morgan fingerprint density at radius 2 is 1.93 bits per heavy atom. The first kappa shape index (κ1) is 10.6. The standard InChI is InChI=1S/C8H8BrN3O2S/c9-6-3-1-5(2-4-6)7-8(10)12-15(13,14)11-7/h1-4,7,11H,(H2,10,12)/p+1/t7-/m0/s1. The number of nitrogens with one attached hydrogen (secondary N) is 2. The molecule has 1 aliphatic heterocycles. The summed E-state index contributed by atoms with van der Waals surface area (Å²) >= 11 is 3.30. The van der Waals surface area contributed by atoms with Crippen molar-refractivity contribution in [3.05, 3.63) is 34.3 Å². The Morgan fingerprint density at radius 1 is 1.33 bits per heavy atom. The molecule has 0 amide bonds. The number of benzene rings is 1. The minimum atomic E-state index is -3.48. The van der Waals surface area contributed by atoms with Crippen LogP contribution in [0.25, 0.3) is 0 Å². The predicted octanol–water partition coefficient (Wildman–Crippen LogP) is -1.22. The maximum Gasteiger partial charge on any atom is 0.371 e. The molecule has 7 heteroatoms. The third kappa shape index (κ3) is 2.19. The van der Waals surface area contributed by atoms with Crippen molar-refractivity contribution in [3.63, 3.8) is 0 Å². The molecule has 2 rings (SSSR count). The summed E-state index contributed by atoms with van der Waals surface area (Å²) in [4.78, 5) is 0. The average molecular weight is 291 g/mol. The minimum absolute atomic E-state index is 0.192. The second-order valence-electron chi connectivity index (χ2n) is 3.16. The van der Waals surface area contributed by atoms with Crippen molar-refractivity contribution in [2.75, 3.05) is 0 Å². The quantitative estimate of drug-likeness (QED) is 0.606. The zero-order chi connectivity index (χ0) is 11.1. The molecule has 0 fully saturated rings. The molecular weight excluding hydrogens is 282 g/mol. The van der Waals surface area contributed by atoms with Crippen LogP contribution >= 0.6 is 15.9 Å². The number of halogens is 1. The molecule has 1 heterocycles. The molecular formula is C8H9BrN3O2S+. The van der Waals surface area contributed by atoms with E-state index in [0.29, 0.717) is 0 Å². The van der Waals surface area contributed by atoms with Gasteiger partial charge in [-0.15, -0.1) is 0 Å². The maximum atomic E-state index is 11.2. The van der Waals surface area contributed by atoms with Gasteiger partial charge in [-0.3, -0.25) is 5.73 Å². The van der Waals surface area contributed by atoms with Gasteiger partial charge in [0.15, 0.2) is 6.04 Å². The first-order chi connectivity index (χ1) is 6.98. The van der Waals surface area contributed by atoms with Crippen LogP contribution in [0.5, 0.6) is 0 Å². The van der Waals surface area contributed by atoms with Crippen molar-refractivity contribution in [2.24, 2.45) is 5.73 Å². The fourth-order valence-corrected chi connectivity index (χ4v) is 2.69. The zero-order valence-electron chi connectivity index (χ0n) is 7.57. The van der Waals surface area contributed by atoms with Crippen LogP contribution in [0.3, 0.4) is 0 Å². The molecule has 0 aliphatic carbocycles. The lowest BCUT2D eigenvalue weighted by atomic mass is 10.1. The van der Waals surface area contributed by atoms with Crippen LogP contribution in [0.1, 0.15) is 11.6 Å². The molecule has 1 aliphatic rings. The molecule has 1 aromatic carbocycles. The van der Waals surface area contributed by atoms with Crippen molar-refractivity contribution in [1.82, 2.24) is 4.72 Å². The highest BCUT2D eigenvalue weighted by Gasteiger charge is 2.34. The van der Waals surface area contributed by atoms with Crippen LogP contribution in [0.4, 0.5) is 0 Å². The molecule has 0 unspecified atom stereocenters. The highest BCUT2D eigenvalue weighted by atomic mass is 79.9. The van der Waals surface area contributed by atoms with Crippen LogP contribution in [0.2, 0.25) is 0 Å². The minimum Gasteiger partial charge on any atom is -0.288 e. The second kappa shape index (κ2) is 3.58. The molecule has 0 radical (unpaired) electrons. The lowest BCUT2D eigenvalue weighted by Gasteiger charge is -2.05. The normalized spacial score (nSPS) is 23.8. The van der Waals surface area contributed by atoms with Crippen molar-refractivity contribution >= 4 is 32.0 Å². The summed E-state index contributed by atoms with van der Waals surface area (Å²) in [5.74, 6) is 0.192. The largest absolute Gasteiger partial charge is 0.371 e. The van der Waals surface area contributed by atoms with Gasteiger partial charge in [0.25, 0.3) is 5.84 Å². The fraction of sp³-hybridized carbons (Fsp3) is 0.125. The van der Waals surface area contributed by atoms with Gasteiger partial charge in [0, 0.05) is 4.47 Å². The summed E-state index contributed by atoms with van der Waals surface area (Å²) in [6.07, 6.45) is 0. The highest BCUT2D eigenvalue weighted by Crippen LogP contribution is 2.17. The molecule has 0 saturated heterocycles. The van der Waals surface area contributed by atoms with E-state index >= 15 is 0 Å². The Hall–Kier alpha value is -0.920. The third-order valence-corrected chi connectivity index (χ3v) is 3.62. The molecule has 5 nitrogen and oxygen atoms in total. The maximum absolute atomic E-state index is 11.2. The number of rotatable bonds is 1. The topological polar surface area (TPSA) is 86.2 Å². The van der Waals surface area contributed by atoms with Crippen molar-refractivity contribution in [1.29, 1.82) is 0 Å². The van der Waals surface area contributed by atoms with Crippen molar-refractivity contribution < 1.29 is 12.8 Å². The van der Waals surface area contributed by atoms with Crippen molar-refractivity contribution in [2.45, 2.75) is 6.04 Å². The SMILES string of the molecule is NC1=[NH+]S(=O)(=O)N[C@H]1c1ccc(Br)cc1. The highest BCUT2D eigenvalue weighted by molar-refractivity contribution is 9.10. The lowest BCUT2D eigenvalue weighted by Crippen LogP contribution is -2.76. The first-order valence-corrected chi connectivity index (χ1v) is 6.43. The van der Waals surface area contributed by atoms with Gasteiger partial charge in [0.1, 0.15) is 0 Å². The zero-order valence-corrected chi connectivity index (χ0v) is 9.97. The molecule has 0 spiro atoms. The molecule has 1 atom stereocenters. The third-order valence-electron chi connectivity index (χ3n) is 2.04. The van der Waals surface area contributed by atoms with Crippen molar-refractivity contribution in [3.8, 4) is 0 Å². The van der Waals surface area contributed by atoms with Gasteiger partial charge in [-0.05, 0) is 17.7 Å². The van der Waals surface area contributed by atoms with Gasteiger partial charge in [-0.1, -0.05) is 28.1 Å². The molecule has 0 aromatic heterocycles. The number of hydrogen-bond acceptors (Lipinski definition) is 3. The number of amidine groups is 1. The summed E-state index contributed by atoms with van der Waals surface area (Å²) in [6, 6.07) is 6.77. The molecule has 80 valence electrons. The Morgan fingerprint density at radius 3 is 2.40 bits per heavy atom. The summed E-state index contributed by atoms with van der Waals surface area (Å²) in [5, 5.41) is 0. The van der Waals surface area contributed by atoms with E-state index in [0.717, 1.165) is 10.0 Å². The van der Waals surface area contributed by atoms with Gasteiger partial charge in [0.05, 0.1) is 0 Å². The lowest BCUT2D eigenvalue weighted by molar-refractivity contribution is -0.265. The number of hydrogen-bond donors (Lipinski definition) is 3. The Balaban J connectivity index is 2.35. The van der Waals surface area contributed by atoms with Gasteiger partial charge in [-0.25, -0.2) is 0 Å². The van der Waals surface area contributed by atoms with Crippen LogP contribution in [-0.2, 0) is 10.2 Å². The van der Waals surface area contributed by atoms with Crippen LogP contribution < -0.4 is 14.9 Å². The van der Waals surface area contributed by atoms with Gasteiger partial charge < -0.3 is 0 Å². The van der Waals surface area contributed by atoms with Crippen LogP contribution in [0.15, 0.2) is 28.7 Å². The molecule has 4 N–H and O–H groups in total. The molecule has 1 aromatic rings. The van der Waals surface area contributed by atoms with Crippen LogP contribution in [0, 0.1) is 0 Å².